The van der Waals surface area contributed by atoms with Gasteiger partial charge in [0.1, 0.15) is 12.6 Å². The van der Waals surface area contributed by atoms with Gasteiger partial charge < -0.3 is 10.2 Å². The first-order valence-electron chi connectivity index (χ1n) is 12.9. The van der Waals surface area contributed by atoms with Crippen molar-refractivity contribution in [1.82, 2.24) is 10.2 Å². The molecule has 0 radical (unpaired) electrons. The van der Waals surface area contributed by atoms with Crippen LogP contribution in [0.4, 0.5) is 5.69 Å². The number of sulfonamides is 1. The number of benzene rings is 3. The van der Waals surface area contributed by atoms with E-state index < -0.39 is 34.1 Å². The molecule has 3 rings (SSSR count). The second-order valence-corrected chi connectivity index (χ2v) is 13.4. The molecule has 0 spiro atoms. The van der Waals surface area contributed by atoms with E-state index in [1.165, 1.54) is 23.1 Å². The summed E-state index contributed by atoms with van der Waals surface area (Å²) in [5.74, 6) is -0.866. The van der Waals surface area contributed by atoms with Crippen molar-refractivity contribution in [1.29, 1.82) is 0 Å². The predicted molar refractivity (Wildman–Crippen MR) is 161 cm³/mol. The highest BCUT2D eigenvalue weighted by atomic mass is 35.5. The standard InChI is InChI=1S/C30H35Cl2N3O4S/c1-6-27(29(37)33-30(3,4)5)34(19-22-12-14-23(31)15-13-22)28(36)20-35(25-9-7-8-24(32)18-25)40(38,39)26-16-10-21(2)11-17-26/h7-18,27H,6,19-20H2,1-5H3,(H,33,37). The molecule has 40 heavy (non-hydrogen) atoms. The number of nitrogens with zero attached hydrogens (tertiary/aromatic N) is 2. The minimum atomic E-state index is -4.17. The van der Waals surface area contributed by atoms with E-state index in [2.05, 4.69) is 5.32 Å². The van der Waals surface area contributed by atoms with Crippen LogP contribution < -0.4 is 9.62 Å². The Kier molecular flexibility index (Phi) is 10.3. The summed E-state index contributed by atoms with van der Waals surface area (Å²) in [7, 11) is -4.17. The van der Waals surface area contributed by atoms with E-state index in [4.69, 9.17) is 23.2 Å². The van der Waals surface area contributed by atoms with Gasteiger partial charge in [-0.2, -0.15) is 0 Å². The normalized spacial score (nSPS) is 12.5. The fourth-order valence-electron chi connectivity index (χ4n) is 4.16. The highest BCUT2D eigenvalue weighted by Crippen LogP contribution is 2.27. The highest BCUT2D eigenvalue weighted by Gasteiger charge is 2.34. The number of hydrogen-bond acceptors (Lipinski definition) is 4. The van der Waals surface area contributed by atoms with Gasteiger partial charge in [0.15, 0.2) is 0 Å². The van der Waals surface area contributed by atoms with Gasteiger partial charge in [-0.1, -0.05) is 66.0 Å². The van der Waals surface area contributed by atoms with E-state index in [0.717, 1.165) is 15.4 Å². The summed E-state index contributed by atoms with van der Waals surface area (Å²) in [6.07, 6.45) is 0.323. The third kappa shape index (κ3) is 8.22. The summed E-state index contributed by atoms with van der Waals surface area (Å²) >= 11 is 12.3. The number of carbonyl (C=O) groups excluding carboxylic acids is 2. The minimum absolute atomic E-state index is 0.0349. The number of aryl methyl sites for hydroxylation is 1. The van der Waals surface area contributed by atoms with Gasteiger partial charge in [-0.15, -0.1) is 0 Å². The molecule has 1 N–H and O–H groups in total. The summed E-state index contributed by atoms with van der Waals surface area (Å²) in [5, 5.41) is 3.81. The number of nitrogens with one attached hydrogen (secondary N) is 1. The fourth-order valence-corrected chi connectivity index (χ4v) is 5.87. The summed E-state index contributed by atoms with van der Waals surface area (Å²) < 4.78 is 28.8. The lowest BCUT2D eigenvalue weighted by molar-refractivity contribution is -0.141. The second kappa shape index (κ2) is 13.1. The molecular formula is C30H35Cl2N3O4S. The van der Waals surface area contributed by atoms with Crippen molar-refractivity contribution < 1.29 is 18.0 Å². The third-order valence-electron chi connectivity index (χ3n) is 6.13. The van der Waals surface area contributed by atoms with E-state index in [9.17, 15) is 18.0 Å². The lowest BCUT2D eigenvalue weighted by Crippen LogP contribution is -2.55. The fraction of sp³-hybridized carbons (Fsp3) is 0.333. The summed E-state index contributed by atoms with van der Waals surface area (Å²) in [5.41, 5.74) is 1.35. The van der Waals surface area contributed by atoms with Crippen LogP contribution in [0.2, 0.25) is 10.0 Å². The maximum Gasteiger partial charge on any atom is 0.264 e. The maximum absolute atomic E-state index is 14.1. The number of hydrogen-bond donors (Lipinski definition) is 1. The maximum atomic E-state index is 14.1. The van der Waals surface area contributed by atoms with Crippen LogP contribution in [-0.2, 0) is 26.2 Å². The third-order valence-corrected chi connectivity index (χ3v) is 8.41. The van der Waals surface area contributed by atoms with Gasteiger partial charge in [0.25, 0.3) is 10.0 Å². The molecule has 0 saturated carbocycles. The Hall–Kier alpha value is -3.07. The van der Waals surface area contributed by atoms with Crippen LogP contribution >= 0.6 is 23.2 Å². The molecule has 1 atom stereocenters. The molecule has 0 aliphatic heterocycles. The zero-order valence-electron chi connectivity index (χ0n) is 23.3. The zero-order valence-corrected chi connectivity index (χ0v) is 25.6. The van der Waals surface area contributed by atoms with Crippen LogP contribution in [0.15, 0.2) is 77.7 Å². The summed E-state index contributed by atoms with van der Waals surface area (Å²) in [4.78, 5) is 28.9. The Morgan fingerprint density at radius 3 is 2.10 bits per heavy atom. The van der Waals surface area contributed by atoms with Gasteiger partial charge >= 0.3 is 0 Å². The highest BCUT2D eigenvalue weighted by molar-refractivity contribution is 7.92. The molecule has 214 valence electrons. The zero-order chi connectivity index (χ0) is 29.7. The number of halogens is 2. The topological polar surface area (TPSA) is 86.8 Å². The molecule has 0 fully saturated rings. The van der Waals surface area contributed by atoms with E-state index in [-0.39, 0.29) is 23.0 Å². The Morgan fingerprint density at radius 2 is 1.55 bits per heavy atom. The Morgan fingerprint density at radius 1 is 0.925 bits per heavy atom. The van der Waals surface area contributed by atoms with Gasteiger partial charge in [0.05, 0.1) is 10.6 Å². The van der Waals surface area contributed by atoms with Crippen LogP contribution in [0.1, 0.15) is 45.2 Å². The van der Waals surface area contributed by atoms with Gasteiger partial charge in [-0.05, 0) is 82.1 Å². The average Bonchev–Trinajstić information content (AvgIpc) is 2.87. The van der Waals surface area contributed by atoms with Gasteiger partial charge in [-0.3, -0.25) is 13.9 Å². The number of carbonyl (C=O) groups is 2. The van der Waals surface area contributed by atoms with E-state index in [0.29, 0.717) is 16.5 Å². The summed E-state index contributed by atoms with van der Waals surface area (Å²) in [6, 6.07) is 18.8. The van der Waals surface area contributed by atoms with Gasteiger partial charge in [-0.25, -0.2) is 8.42 Å². The van der Waals surface area contributed by atoms with Crippen molar-refractivity contribution in [2.24, 2.45) is 0 Å². The van der Waals surface area contributed by atoms with Gasteiger partial charge in [0.2, 0.25) is 11.8 Å². The first-order valence-corrected chi connectivity index (χ1v) is 15.1. The van der Waals surface area contributed by atoms with Crippen molar-refractivity contribution in [3.63, 3.8) is 0 Å². The molecule has 0 bridgehead atoms. The van der Waals surface area contributed by atoms with Crippen LogP contribution in [0.3, 0.4) is 0 Å². The monoisotopic (exact) mass is 603 g/mol. The van der Waals surface area contributed by atoms with Crippen LogP contribution in [-0.4, -0.2) is 43.3 Å². The molecule has 10 heteroatoms. The Balaban J connectivity index is 2.07. The van der Waals surface area contributed by atoms with Crippen LogP contribution in [0.5, 0.6) is 0 Å². The molecule has 0 saturated heterocycles. The number of anilines is 1. The van der Waals surface area contributed by atoms with Crippen molar-refractivity contribution >= 4 is 50.7 Å². The van der Waals surface area contributed by atoms with Crippen molar-refractivity contribution in [3.8, 4) is 0 Å². The smallest absolute Gasteiger partial charge is 0.264 e. The van der Waals surface area contributed by atoms with Crippen LogP contribution in [0.25, 0.3) is 0 Å². The predicted octanol–water partition coefficient (Wildman–Crippen LogP) is 6.22. The molecule has 7 nitrogen and oxygen atoms in total. The number of amides is 2. The first-order chi connectivity index (χ1) is 18.7. The Labute approximate surface area is 247 Å². The quantitative estimate of drug-likeness (QED) is 0.298. The van der Waals surface area contributed by atoms with Crippen LogP contribution in [0, 0.1) is 6.92 Å². The SMILES string of the molecule is CCC(C(=O)NC(C)(C)C)N(Cc1ccc(Cl)cc1)C(=O)CN(c1cccc(Cl)c1)S(=O)(=O)c1ccc(C)cc1. The lowest BCUT2D eigenvalue weighted by Gasteiger charge is -2.34. The second-order valence-electron chi connectivity index (χ2n) is 10.6. The van der Waals surface area contributed by atoms with E-state index in [1.54, 1.807) is 54.6 Å². The lowest BCUT2D eigenvalue weighted by atomic mass is 10.1. The van der Waals surface area contributed by atoms with E-state index >= 15 is 0 Å². The van der Waals surface area contributed by atoms with E-state index in [1.807, 2.05) is 34.6 Å². The average molecular weight is 605 g/mol. The molecule has 0 aliphatic carbocycles. The summed E-state index contributed by atoms with van der Waals surface area (Å²) in [6.45, 7) is 8.79. The van der Waals surface area contributed by atoms with Crippen molar-refractivity contribution in [3.05, 3.63) is 94.0 Å². The molecule has 0 heterocycles. The van der Waals surface area contributed by atoms with Crippen molar-refractivity contribution in [2.45, 2.75) is 64.1 Å². The molecule has 3 aromatic rings. The molecule has 2 amide bonds. The molecule has 3 aromatic carbocycles. The van der Waals surface area contributed by atoms with Crippen molar-refractivity contribution in [2.75, 3.05) is 10.8 Å². The largest absolute Gasteiger partial charge is 0.350 e. The molecule has 0 aliphatic rings. The van der Waals surface area contributed by atoms with Gasteiger partial charge in [0, 0.05) is 22.1 Å². The minimum Gasteiger partial charge on any atom is -0.350 e. The first kappa shape index (κ1) is 31.5. The Bertz CT molecular complexity index is 1440. The molecule has 1 unspecified atom stereocenters. The molecular weight excluding hydrogens is 569 g/mol. The molecule has 0 aromatic heterocycles. The number of rotatable bonds is 10.